The Morgan fingerprint density at radius 1 is 1.12 bits per heavy atom. The summed E-state index contributed by atoms with van der Waals surface area (Å²) in [6, 6.07) is 4.87. The zero-order valence-corrected chi connectivity index (χ0v) is 21.1. The number of hydrogen-bond donors (Lipinski definition) is 1. The van der Waals surface area contributed by atoms with Gasteiger partial charge in [0, 0.05) is 38.6 Å². The van der Waals surface area contributed by atoms with Crippen molar-refractivity contribution in [3.8, 4) is 5.75 Å². The Kier molecular flexibility index (Phi) is 9.73. The molecule has 34 heavy (non-hydrogen) atoms. The highest BCUT2D eigenvalue weighted by molar-refractivity contribution is 7.89. The third-order valence-corrected chi connectivity index (χ3v) is 8.39. The zero-order valence-electron chi connectivity index (χ0n) is 20.3. The summed E-state index contributed by atoms with van der Waals surface area (Å²) < 4.78 is 38.3. The summed E-state index contributed by atoms with van der Waals surface area (Å²) in [5.41, 5.74) is 0.619. The fraction of sp³-hybridized carbons (Fsp3) is 0.667. The molecule has 2 saturated heterocycles. The second-order valence-electron chi connectivity index (χ2n) is 8.83. The van der Waals surface area contributed by atoms with Gasteiger partial charge in [0.1, 0.15) is 10.6 Å². The smallest absolute Gasteiger partial charge is 0.246 e. The lowest BCUT2D eigenvalue weighted by molar-refractivity contribution is -0.135. The molecule has 3 rings (SSSR count). The molecule has 0 saturated carbocycles. The number of unbranched alkanes of at least 4 members (excludes halogenated alkanes) is 2. The van der Waals surface area contributed by atoms with Crippen LogP contribution in [0.15, 0.2) is 23.1 Å². The number of morpholine rings is 1. The average Bonchev–Trinajstić information content (AvgIpc) is 2.87. The molecular formula is C24H37N3O6S. The molecule has 0 spiro atoms. The van der Waals surface area contributed by atoms with Gasteiger partial charge in [-0.1, -0.05) is 25.8 Å². The van der Waals surface area contributed by atoms with Crippen molar-refractivity contribution < 1.29 is 27.5 Å². The van der Waals surface area contributed by atoms with Gasteiger partial charge < -0.3 is 19.7 Å². The van der Waals surface area contributed by atoms with Crippen molar-refractivity contribution >= 4 is 21.8 Å². The Hall–Kier alpha value is -2.17. The largest absolute Gasteiger partial charge is 0.495 e. The maximum absolute atomic E-state index is 13.2. The SMILES string of the molecule is CCCCCNC(=O)C1CCN(C(=O)Cc2ccc(OC)c(S(=O)(=O)N3CCOCC3)c2)CC1. The van der Waals surface area contributed by atoms with E-state index >= 15 is 0 Å². The van der Waals surface area contributed by atoms with Gasteiger partial charge >= 0.3 is 0 Å². The zero-order chi connectivity index (χ0) is 24.6. The number of hydrogen-bond acceptors (Lipinski definition) is 6. The van der Waals surface area contributed by atoms with Gasteiger partial charge in [0.2, 0.25) is 21.8 Å². The van der Waals surface area contributed by atoms with Gasteiger partial charge in [0.05, 0.1) is 26.7 Å². The molecule has 0 bridgehead atoms. The minimum Gasteiger partial charge on any atom is -0.495 e. The summed E-state index contributed by atoms with van der Waals surface area (Å²) >= 11 is 0. The van der Waals surface area contributed by atoms with Crippen LogP contribution in [0.5, 0.6) is 5.75 Å². The molecule has 0 aromatic heterocycles. The maximum atomic E-state index is 13.2. The van der Waals surface area contributed by atoms with Crippen molar-refractivity contribution in [2.24, 2.45) is 5.92 Å². The molecule has 1 aromatic carbocycles. The third-order valence-electron chi connectivity index (χ3n) is 6.47. The van der Waals surface area contributed by atoms with E-state index < -0.39 is 10.0 Å². The van der Waals surface area contributed by atoms with E-state index in [4.69, 9.17) is 9.47 Å². The van der Waals surface area contributed by atoms with E-state index in [0.29, 0.717) is 51.3 Å². The predicted molar refractivity (Wildman–Crippen MR) is 128 cm³/mol. The maximum Gasteiger partial charge on any atom is 0.246 e. The number of methoxy groups -OCH3 is 1. The second-order valence-corrected chi connectivity index (χ2v) is 10.7. The van der Waals surface area contributed by atoms with Crippen molar-refractivity contribution in [2.75, 3.05) is 53.0 Å². The predicted octanol–water partition coefficient (Wildman–Crippen LogP) is 1.80. The van der Waals surface area contributed by atoms with Crippen LogP contribution in [0.4, 0.5) is 0 Å². The van der Waals surface area contributed by atoms with E-state index in [1.54, 1.807) is 17.0 Å². The van der Waals surface area contributed by atoms with Crippen LogP contribution in [0.2, 0.25) is 0 Å². The van der Waals surface area contributed by atoms with Crippen molar-refractivity contribution in [2.45, 2.75) is 50.3 Å². The summed E-state index contributed by atoms with van der Waals surface area (Å²) in [7, 11) is -2.32. The highest BCUT2D eigenvalue weighted by Crippen LogP contribution is 2.29. The molecule has 2 aliphatic heterocycles. The van der Waals surface area contributed by atoms with Crippen LogP contribution in [0.25, 0.3) is 0 Å². The van der Waals surface area contributed by atoms with E-state index in [1.807, 2.05) is 0 Å². The monoisotopic (exact) mass is 495 g/mol. The summed E-state index contributed by atoms with van der Waals surface area (Å²) in [6.07, 6.45) is 4.60. The van der Waals surface area contributed by atoms with Crippen LogP contribution in [0.1, 0.15) is 44.6 Å². The Labute approximate surface area is 202 Å². The van der Waals surface area contributed by atoms with E-state index in [2.05, 4.69) is 12.2 Å². The van der Waals surface area contributed by atoms with Crippen LogP contribution in [-0.4, -0.2) is 82.5 Å². The molecular weight excluding hydrogens is 458 g/mol. The first-order valence-electron chi connectivity index (χ1n) is 12.2. The highest BCUT2D eigenvalue weighted by Gasteiger charge is 2.31. The molecule has 0 aliphatic carbocycles. The number of carbonyl (C=O) groups is 2. The number of nitrogens with one attached hydrogen (secondary N) is 1. The van der Waals surface area contributed by atoms with Crippen LogP contribution in [-0.2, 0) is 30.8 Å². The number of benzene rings is 1. The number of piperidine rings is 1. The fourth-order valence-electron chi connectivity index (χ4n) is 4.37. The first-order valence-corrected chi connectivity index (χ1v) is 13.6. The molecule has 0 radical (unpaired) electrons. The molecule has 190 valence electrons. The Morgan fingerprint density at radius 2 is 1.82 bits per heavy atom. The summed E-state index contributed by atoms with van der Waals surface area (Å²) in [5.74, 6) is 0.211. The Morgan fingerprint density at radius 3 is 2.47 bits per heavy atom. The normalized spacial score (nSPS) is 18.0. The average molecular weight is 496 g/mol. The molecule has 9 nitrogen and oxygen atoms in total. The minimum absolute atomic E-state index is 0.0584. The quantitative estimate of drug-likeness (QED) is 0.497. The molecule has 0 unspecified atom stereocenters. The number of ether oxygens (including phenoxy) is 2. The van der Waals surface area contributed by atoms with E-state index in [-0.39, 0.29) is 47.9 Å². The first-order chi connectivity index (χ1) is 16.4. The Bertz CT molecular complexity index is 938. The molecule has 2 aliphatic rings. The van der Waals surface area contributed by atoms with Crippen LogP contribution in [0, 0.1) is 5.92 Å². The van der Waals surface area contributed by atoms with Crippen molar-refractivity contribution in [3.05, 3.63) is 23.8 Å². The highest BCUT2D eigenvalue weighted by atomic mass is 32.2. The van der Waals surface area contributed by atoms with Gasteiger partial charge in [-0.15, -0.1) is 0 Å². The Balaban J connectivity index is 1.59. The molecule has 10 heteroatoms. The van der Waals surface area contributed by atoms with Gasteiger partial charge in [0.25, 0.3) is 0 Å². The fourth-order valence-corrected chi connectivity index (χ4v) is 5.98. The number of nitrogens with zero attached hydrogens (tertiary/aromatic N) is 2. The van der Waals surface area contributed by atoms with Crippen molar-refractivity contribution in [1.29, 1.82) is 0 Å². The number of rotatable bonds is 10. The molecule has 2 amide bonds. The number of carbonyl (C=O) groups excluding carboxylic acids is 2. The lowest BCUT2D eigenvalue weighted by Gasteiger charge is -2.31. The summed E-state index contributed by atoms with van der Waals surface area (Å²) in [6.45, 7) is 5.18. The van der Waals surface area contributed by atoms with Crippen LogP contribution < -0.4 is 10.1 Å². The van der Waals surface area contributed by atoms with Crippen LogP contribution in [0.3, 0.4) is 0 Å². The topological polar surface area (TPSA) is 105 Å². The van der Waals surface area contributed by atoms with Gasteiger partial charge in [0.15, 0.2) is 0 Å². The molecule has 2 heterocycles. The summed E-state index contributed by atoms with van der Waals surface area (Å²) in [5, 5.41) is 3.01. The summed E-state index contributed by atoms with van der Waals surface area (Å²) in [4.78, 5) is 27.1. The standard InChI is InChI=1S/C24H37N3O6S/c1-3-4-5-10-25-24(29)20-8-11-26(12-9-20)23(28)18-19-6-7-21(32-2)22(17-19)34(30,31)27-13-15-33-16-14-27/h6-7,17,20H,3-5,8-16,18H2,1-2H3,(H,25,29). The first kappa shape index (κ1) is 26.4. The minimum atomic E-state index is -3.76. The molecule has 1 N–H and O–H groups in total. The lowest BCUT2D eigenvalue weighted by atomic mass is 9.95. The van der Waals surface area contributed by atoms with Gasteiger partial charge in [-0.3, -0.25) is 9.59 Å². The third kappa shape index (κ3) is 6.70. The van der Waals surface area contributed by atoms with E-state index in [0.717, 1.165) is 19.3 Å². The van der Waals surface area contributed by atoms with Gasteiger partial charge in [-0.05, 0) is 37.0 Å². The van der Waals surface area contributed by atoms with E-state index in [9.17, 15) is 18.0 Å². The van der Waals surface area contributed by atoms with Gasteiger partial charge in [-0.25, -0.2) is 8.42 Å². The lowest BCUT2D eigenvalue weighted by Crippen LogP contribution is -2.43. The van der Waals surface area contributed by atoms with Gasteiger partial charge in [-0.2, -0.15) is 4.31 Å². The number of likely N-dealkylation sites (tertiary alicyclic amines) is 1. The van der Waals surface area contributed by atoms with E-state index in [1.165, 1.54) is 17.5 Å². The van der Waals surface area contributed by atoms with Crippen molar-refractivity contribution in [1.82, 2.24) is 14.5 Å². The molecule has 1 aromatic rings. The molecule has 0 atom stereocenters. The number of sulfonamides is 1. The second kappa shape index (κ2) is 12.5. The van der Waals surface area contributed by atoms with Crippen molar-refractivity contribution in [3.63, 3.8) is 0 Å². The van der Waals surface area contributed by atoms with Crippen LogP contribution >= 0.6 is 0 Å². The molecule has 2 fully saturated rings. The number of amides is 2.